The van der Waals surface area contributed by atoms with Gasteiger partial charge in [-0.25, -0.2) is 8.78 Å². The van der Waals surface area contributed by atoms with Gasteiger partial charge in [-0.15, -0.1) is 11.3 Å². The summed E-state index contributed by atoms with van der Waals surface area (Å²) in [5.74, 6) is -1.14. The molecule has 1 atom stereocenters. The molecular formula is C14H11Br2F2NS. The third kappa shape index (κ3) is 2.78. The van der Waals surface area contributed by atoms with Gasteiger partial charge in [0.05, 0.1) is 9.83 Å². The van der Waals surface area contributed by atoms with Crippen molar-refractivity contribution in [1.29, 1.82) is 0 Å². The Kier molecular flexibility index (Phi) is 4.15. The number of nitrogens with one attached hydrogen (secondary N) is 1. The minimum atomic E-state index is -0.571. The number of fused-ring (bicyclic) bond motifs is 1. The molecule has 3 rings (SSSR count). The lowest BCUT2D eigenvalue weighted by Gasteiger charge is -2.25. The number of halogens is 4. The maximum Gasteiger partial charge on any atom is 0.150 e. The van der Waals surface area contributed by atoms with Gasteiger partial charge in [0, 0.05) is 9.35 Å². The van der Waals surface area contributed by atoms with E-state index in [4.69, 9.17) is 0 Å². The Hall–Kier alpha value is -0.460. The topological polar surface area (TPSA) is 12.0 Å². The highest BCUT2D eigenvalue weighted by molar-refractivity contribution is 9.11. The summed E-state index contributed by atoms with van der Waals surface area (Å²) in [5.41, 5.74) is 1.10. The molecule has 2 aromatic rings. The first-order valence-corrected chi connectivity index (χ1v) is 8.64. The van der Waals surface area contributed by atoms with Crippen LogP contribution in [0.25, 0.3) is 0 Å². The molecule has 1 heterocycles. The fraction of sp³-hybridized carbons (Fsp3) is 0.286. The number of aryl methyl sites for hydroxylation is 1. The Bertz CT molecular complexity index is 634. The standard InChI is InChI=1S/C14H11Br2F2NS/c15-7-4-9(17)14(10(18)5-7)19-11-2-1-3-12-8(11)6-13(16)20-12/h4-6,11,19H,1-3H2. The molecule has 106 valence electrons. The molecule has 1 aliphatic rings. The lowest BCUT2D eigenvalue weighted by atomic mass is 9.94. The van der Waals surface area contributed by atoms with E-state index in [2.05, 4.69) is 37.2 Å². The zero-order valence-corrected chi connectivity index (χ0v) is 14.3. The van der Waals surface area contributed by atoms with Gasteiger partial charge in [-0.1, -0.05) is 15.9 Å². The largest absolute Gasteiger partial charge is 0.373 e. The molecule has 1 aliphatic carbocycles. The summed E-state index contributed by atoms with van der Waals surface area (Å²) in [4.78, 5) is 1.29. The number of hydrogen-bond donors (Lipinski definition) is 1. The van der Waals surface area contributed by atoms with Crippen molar-refractivity contribution >= 4 is 48.9 Å². The van der Waals surface area contributed by atoms with Gasteiger partial charge in [0.2, 0.25) is 0 Å². The Morgan fingerprint density at radius 2 is 1.85 bits per heavy atom. The zero-order chi connectivity index (χ0) is 14.3. The van der Waals surface area contributed by atoms with E-state index in [0.717, 1.165) is 28.6 Å². The van der Waals surface area contributed by atoms with Crippen molar-refractivity contribution < 1.29 is 8.78 Å². The van der Waals surface area contributed by atoms with E-state index in [9.17, 15) is 8.78 Å². The first kappa shape index (κ1) is 14.5. The Morgan fingerprint density at radius 1 is 1.15 bits per heavy atom. The predicted molar refractivity (Wildman–Crippen MR) is 85.4 cm³/mol. The summed E-state index contributed by atoms with van der Waals surface area (Å²) >= 11 is 8.27. The minimum Gasteiger partial charge on any atom is -0.373 e. The fourth-order valence-corrected chi connectivity index (χ4v) is 4.75. The molecule has 1 aromatic heterocycles. The molecule has 20 heavy (non-hydrogen) atoms. The van der Waals surface area contributed by atoms with E-state index >= 15 is 0 Å². The molecule has 0 amide bonds. The van der Waals surface area contributed by atoms with E-state index in [1.165, 1.54) is 17.0 Å². The molecule has 1 unspecified atom stereocenters. The summed E-state index contributed by atoms with van der Waals surface area (Å²) in [6.07, 6.45) is 2.94. The van der Waals surface area contributed by atoms with Gasteiger partial charge in [0.1, 0.15) is 17.3 Å². The SMILES string of the molecule is Fc1cc(Br)cc(F)c1NC1CCCc2sc(Br)cc21. The third-order valence-corrected chi connectivity index (χ3v) is 5.58. The third-order valence-electron chi connectivity index (χ3n) is 3.41. The maximum atomic E-state index is 13.9. The highest BCUT2D eigenvalue weighted by atomic mass is 79.9. The molecule has 1 N–H and O–H groups in total. The van der Waals surface area contributed by atoms with Gasteiger partial charge >= 0.3 is 0 Å². The molecule has 0 bridgehead atoms. The summed E-state index contributed by atoms with van der Waals surface area (Å²) in [6, 6.07) is 4.56. The van der Waals surface area contributed by atoms with E-state index in [1.807, 2.05) is 6.07 Å². The van der Waals surface area contributed by atoms with Crippen LogP contribution in [0, 0.1) is 11.6 Å². The Balaban J connectivity index is 1.93. The smallest absolute Gasteiger partial charge is 0.150 e. The first-order valence-electron chi connectivity index (χ1n) is 6.24. The van der Waals surface area contributed by atoms with Crippen LogP contribution in [0.4, 0.5) is 14.5 Å². The number of thiophene rings is 1. The molecule has 0 aliphatic heterocycles. The molecule has 1 nitrogen and oxygen atoms in total. The molecule has 1 aromatic carbocycles. The number of rotatable bonds is 2. The molecule has 0 saturated heterocycles. The van der Waals surface area contributed by atoms with Crippen molar-refractivity contribution in [1.82, 2.24) is 0 Å². The van der Waals surface area contributed by atoms with Crippen LogP contribution < -0.4 is 5.32 Å². The molecule has 0 radical (unpaired) electrons. The molecule has 0 spiro atoms. The number of hydrogen-bond acceptors (Lipinski definition) is 2. The first-order chi connectivity index (χ1) is 9.54. The lowest BCUT2D eigenvalue weighted by molar-refractivity contribution is 0.563. The van der Waals surface area contributed by atoms with Crippen LogP contribution in [0.5, 0.6) is 0 Å². The van der Waals surface area contributed by atoms with Gasteiger partial charge < -0.3 is 5.32 Å². The van der Waals surface area contributed by atoms with Crippen LogP contribution >= 0.6 is 43.2 Å². The maximum absolute atomic E-state index is 13.9. The van der Waals surface area contributed by atoms with Crippen molar-refractivity contribution in [2.45, 2.75) is 25.3 Å². The average molecular weight is 423 g/mol. The highest BCUT2D eigenvalue weighted by Gasteiger charge is 2.24. The second-order valence-corrected chi connectivity index (χ2v) is 8.19. The van der Waals surface area contributed by atoms with Crippen molar-refractivity contribution in [2.24, 2.45) is 0 Å². The lowest BCUT2D eigenvalue weighted by Crippen LogP contribution is -2.17. The summed E-state index contributed by atoms with van der Waals surface area (Å²) in [5, 5.41) is 3.03. The van der Waals surface area contributed by atoms with Crippen LogP contribution in [0.2, 0.25) is 0 Å². The Morgan fingerprint density at radius 3 is 2.55 bits per heavy atom. The van der Waals surface area contributed by atoms with E-state index < -0.39 is 11.6 Å². The van der Waals surface area contributed by atoms with Gasteiger partial charge in [-0.3, -0.25) is 0 Å². The molecule has 0 fully saturated rings. The zero-order valence-electron chi connectivity index (χ0n) is 10.4. The van der Waals surface area contributed by atoms with Crippen LogP contribution in [-0.2, 0) is 6.42 Å². The molecule has 6 heteroatoms. The average Bonchev–Trinajstić information content (AvgIpc) is 2.74. The van der Waals surface area contributed by atoms with Crippen molar-refractivity contribution in [3.63, 3.8) is 0 Å². The van der Waals surface area contributed by atoms with Crippen LogP contribution in [0.3, 0.4) is 0 Å². The van der Waals surface area contributed by atoms with Crippen molar-refractivity contribution in [2.75, 3.05) is 5.32 Å². The monoisotopic (exact) mass is 421 g/mol. The van der Waals surface area contributed by atoms with Gasteiger partial charge in [-0.05, 0) is 59.0 Å². The normalized spacial score (nSPS) is 17.9. The van der Waals surface area contributed by atoms with Crippen LogP contribution in [0.1, 0.15) is 29.3 Å². The Labute approximate surface area is 136 Å². The molecule has 0 saturated carbocycles. The summed E-state index contributed by atoms with van der Waals surface area (Å²) in [6.45, 7) is 0. The van der Waals surface area contributed by atoms with Gasteiger partial charge in [0.25, 0.3) is 0 Å². The van der Waals surface area contributed by atoms with Gasteiger partial charge in [-0.2, -0.15) is 0 Å². The predicted octanol–water partition coefficient (Wildman–Crippen LogP) is 6.04. The fourth-order valence-electron chi connectivity index (χ4n) is 2.53. The van der Waals surface area contributed by atoms with E-state index in [1.54, 1.807) is 11.3 Å². The van der Waals surface area contributed by atoms with E-state index in [0.29, 0.717) is 4.47 Å². The second kappa shape index (κ2) is 5.73. The van der Waals surface area contributed by atoms with Crippen LogP contribution in [-0.4, -0.2) is 0 Å². The van der Waals surface area contributed by atoms with Crippen molar-refractivity contribution in [3.05, 3.63) is 48.5 Å². The van der Waals surface area contributed by atoms with Crippen molar-refractivity contribution in [3.8, 4) is 0 Å². The number of benzene rings is 1. The highest BCUT2D eigenvalue weighted by Crippen LogP contribution is 2.40. The van der Waals surface area contributed by atoms with E-state index in [-0.39, 0.29) is 11.7 Å². The summed E-state index contributed by atoms with van der Waals surface area (Å²) in [7, 11) is 0. The minimum absolute atomic E-state index is 0.0357. The number of anilines is 1. The second-order valence-electron chi connectivity index (χ2n) is 4.76. The summed E-state index contributed by atoms with van der Waals surface area (Å²) < 4.78 is 29.3. The van der Waals surface area contributed by atoms with Gasteiger partial charge in [0.15, 0.2) is 0 Å². The molecular weight excluding hydrogens is 412 g/mol. The quantitative estimate of drug-likeness (QED) is 0.621. The van der Waals surface area contributed by atoms with Crippen LogP contribution in [0.15, 0.2) is 26.5 Å².